The van der Waals surface area contributed by atoms with E-state index < -0.39 is 5.97 Å². The Morgan fingerprint density at radius 1 is 1.43 bits per heavy atom. The molecule has 1 saturated heterocycles. The van der Waals surface area contributed by atoms with Crippen LogP contribution in [-0.2, 0) is 11.3 Å². The van der Waals surface area contributed by atoms with Gasteiger partial charge in [0, 0.05) is 30.1 Å². The summed E-state index contributed by atoms with van der Waals surface area (Å²) < 4.78 is 11.0. The molecule has 5 heteroatoms. The van der Waals surface area contributed by atoms with Crippen LogP contribution >= 0.6 is 0 Å². The van der Waals surface area contributed by atoms with E-state index in [1.807, 2.05) is 18.2 Å². The number of aromatic carboxylic acids is 1. The number of carboxylic acids is 1. The van der Waals surface area contributed by atoms with E-state index >= 15 is 0 Å². The van der Waals surface area contributed by atoms with Gasteiger partial charge in [-0.2, -0.15) is 0 Å². The Bertz CT molecular complexity index is 649. The average molecular weight is 289 g/mol. The second-order valence-corrected chi connectivity index (χ2v) is 5.49. The van der Waals surface area contributed by atoms with Crippen molar-refractivity contribution >= 4 is 16.9 Å². The van der Waals surface area contributed by atoms with Gasteiger partial charge >= 0.3 is 5.97 Å². The highest BCUT2D eigenvalue weighted by Gasteiger charge is 2.22. The van der Waals surface area contributed by atoms with Crippen molar-refractivity contribution in [3.8, 4) is 0 Å². The van der Waals surface area contributed by atoms with Crippen LogP contribution in [0.3, 0.4) is 0 Å². The summed E-state index contributed by atoms with van der Waals surface area (Å²) in [4.78, 5) is 11.4. The van der Waals surface area contributed by atoms with E-state index in [2.05, 4.69) is 12.2 Å². The van der Waals surface area contributed by atoms with E-state index in [-0.39, 0.29) is 11.9 Å². The highest BCUT2D eigenvalue weighted by molar-refractivity contribution is 5.95. The summed E-state index contributed by atoms with van der Waals surface area (Å²) in [7, 11) is 0. The van der Waals surface area contributed by atoms with E-state index in [1.165, 1.54) is 0 Å². The first-order valence-corrected chi connectivity index (χ1v) is 7.24. The molecular weight excluding hydrogens is 270 g/mol. The summed E-state index contributed by atoms with van der Waals surface area (Å²) in [5, 5.41) is 13.6. The van der Waals surface area contributed by atoms with Gasteiger partial charge < -0.3 is 19.6 Å². The first-order chi connectivity index (χ1) is 10.1. The Morgan fingerprint density at radius 2 is 2.24 bits per heavy atom. The summed E-state index contributed by atoms with van der Waals surface area (Å²) in [5.41, 5.74) is 1.34. The minimum atomic E-state index is -1.02. The molecular formula is C16H19NO4. The number of ether oxygens (including phenoxy) is 1. The van der Waals surface area contributed by atoms with Gasteiger partial charge in [-0.3, -0.25) is 0 Å². The third-order valence-electron chi connectivity index (χ3n) is 3.95. The number of fused-ring (bicyclic) bond motifs is 1. The predicted molar refractivity (Wildman–Crippen MR) is 78.4 cm³/mol. The van der Waals surface area contributed by atoms with Crippen molar-refractivity contribution in [2.45, 2.75) is 38.5 Å². The van der Waals surface area contributed by atoms with E-state index in [0.29, 0.717) is 18.2 Å². The van der Waals surface area contributed by atoms with Gasteiger partial charge in [-0.1, -0.05) is 18.2 Å². The van der Waals surface area contributed by atoms with Crippen LogP contribution in [0.5, 0.6) is 0 Å². The predicted octanol–water partition coefficient (Wildman–Crippen LogP) is 2.79. The molecule has 2 unspecified atom stereocenters. The fourth-order valence-electron chi connectivity index (χ4n) is 2.88. The molecule has 1 aliphatic heterocycles. The van der Waals surface area contributed by atoms with Crippen LogP contribution in [0.2, 0.25) is 0 Å². The van der Waals surface area contributed by atoms with Gasteiger partial charge in [-0.25, -0.2) is 4.79 Å². The first kappa shape index (κ1) is 14.1. The molecule has 1 aromatic carbocycles. The Kier molecular flexibility index (Phi) is 3.94. The van der Waals surface area contributed by atoms with Gasteiger partial charge in [0.25, 0.3) is 0 Å². The fraction of sp³-hybridized carbons (Fsp3) is 0.438. The normalized spacial score (nSPS) is 22.5. The highest BCUT2D eigenvalue weighted by atomic mass is 16.5. The van der Waals surface area contributed by atoms with Gasteiger partial charge in [0.2, 0.25) is 5.76 Å². The van der Waals surface area contributed by atoms with E-state index in [1.54, 1.807) is 6.07 Å². The minimum Gasteiger partial charge on any atom is -0.475 e. The van der Waals surface area contributed by atoms with Crippen LogP contribution in [0.15, 0.2) is 28.7 Å². The average Bonchev–Trinajstić information content (AvgIpc) is 2.84. The topological polar surface area (TPSA) is 71.7 Å². The molecule has 21 heavy (non-hydrogen) atoms. The lowest BCUT2D eigenvalue weighted by atomic mass is 10.0. The molecule has 0 spiro atoms. The van der Waals surface area contributed by atoms with Crippen molar-refractivity contribution < 1.29 is 19.1 Å². The molecule has 2 N–H and O–H groups in total. The van der Waals surface area contributed by atoms with Crippen molar-refractivity contribution in [1.82, 2.24) is 5.32 Å². The molecule has 0 radical (unpaired) electrons. The summed E-state index contributed by atoms with van der Waals surface area (Å²) in [6, 6.07) is 7.78. The second-order valence-electron chi connectivity index (χ2n) is 5.49. The van der Waals surface area contributed by atoms with Crippen LogP contribution < -0.4 is 5.32 Å². The monoisotopic (exact) mass is 289 g/mol. The van der Waals surface area contributed by atoms with Gasteiger partial charge in [-0.15, -0.1) is 0 Å². The number of rotatable bonds is 4. The molecule has 0 saturated carbocycles. The molecule has 0 aliphatic carbocycles. The Hall–Kier alpha value is -1.85. The number of furan rings is 1. The van der Waals surface area contributed by atoms with Crippen LogP contribution in [0.1, 0.15) is 35.9 Å². The molecule has 2 atom stereocenters. The lowest BCUT2D eigenvalue weighted by molar-refractivity contribution is 0.0130. The largest absolute Gasteiger partial charge is 0.475 e. The Balaban J connectivity index is 1.82. The molecule has 1 aromatic heterocycles. The van der Waals surface area contributed by atoms with Crippen molar-refractivity contribution in [3.63, 3.8) is 0 Å². The summed E-state index contributed by atoms with van der Waals surface area (Å²) in [6.45, 7) is 3.30. The lowest BCUT2D eigenvalue weighted by Crippen LogP contribution is -2.37. The first-order valence-electron chi connectivity index (χ1n) is 7.24. The molecule has 3 rings (SSSR count). The summed E-state index contributed by atoms with van der Waals surface area (Å²) in [5.74, 6) is -0.993. The molecule has 1 fully saturated rings. The SMILES string of the molecule is CC1CC(NCc2c(C(=O)O)oc3ccccc23)CCO1. The zero-order valence-electron chi connectivity index (χ0n) is 12.0. The van der Waals surface area contributed by atoms with Crippen LogP contribution in [-0.4, -0.2) is 29.8 Å². The Labute approximate surface area is 122 Å². The summed E-state index contributed by atoms with van der Waals surface area (Å²) >= 11 is 0. The molecule has 5 nitrogen and oxygen atoms in total. The summed E-state index contributed by atoms with van der Waals surface area (Å²) in [6.07, 6.45) is 2.14. The molecule has 0 bridgehead atoms. The minimum absolute atomic E-state index is 0.0313. The number of para-hydroxylation sites is 1. The number of hydrogen-bond acceptors (Lipinski definition) is 4. The molecule has 1 aliphatic rings. The fourth-order valence-corrected chi connectivity index (χ4v) is 2.88. The van der Waals surface area contributed by atoms with Crippen LogP contribution in [0, 0.1) is 0 Å². The van der Waals surface area contributed by atoms with Gasteiger partial charge in [0.05, 0.1) is 6.10 Å². The molecule has 2 aromatic rings. The maximum atomic E-state index is 11.4. The smallest absolute Gasteiger partial charge is 0.372 e. The van der Waals surface area contributed by atoms with Crippen molar-refractivity contribution in [2.24, 2.45) is 0 Å². The lowest BCUT2D eigenvalue weighted by Gasteiger charge is -2.28. The molecule has 112 valence electrons. The quantitative estimate of drug-likeness (QED) is 0.905. The van der Waals surface area contributed by atoms with Gasteiger partial charge in [0.15, 0.2) is 0 Å². The van der Waals surface area contributed by atoms with Gasteiger partial charge in [-0.05, 0) is 25.8 Å². The zero-order chi connectivity index (χ0) is 14.8. The number of hydrogen-bond donors (Lipinski definition) is 2. The maximum absolute atomic E-state index is 11.4. The maximum Gasteiger partial charge on any atom is 0.372 e. The molecule has 0 amide bonds. The molecule has 2 heterocycles. The van der Waals surface area contributed by atoms with E-state index in [0.717, 1.165) is 30.4 Å². The van der Waals surface area contributed by atoms with Gasteiger partial charge in [0.1, 0.15) is 5.58 Å². The van der Waals surface area contributed by atoms with Crippen molar-refractivity contribution in [2.75, 3.05) is 6.61 Å². The van der Waals surface area contributed by atoms with Crippen molar-refractivity contribution in [1.29, 1.82) is 0 Å². The van der Waals surface area contributed by atoms with Crippen molar-refractivity contribution in [3.05, 3.63) is 35.6 Å². The number of carboxylic acid groups (broad SMARTS) is 1. The van der Waals surface area contributed by atoms with Crippen LogP contribution in [0.4, 0.5) is 0 Å². The third kappa shape index (κ3) is 2.94. The Morgan fingerprint density at radius 3 is 3.00 bits per heavy atom. The van der Waals surface area contributed by atoms with E-state index in [9.17, 15) is 9.90 Å². The zero-order valence-corrected chi connectivity index (χ0v) is 12.0. The standard InChI is InChI=1S/C16H19NO4/c1-10-8-11(6-7-20-10)17-9-13-12-4-2-3-5-14(12)21-15(13)16(18)19/h2-5,10-11,17H,6-9H2,1H3,(H,18,19). The second kappa shape index (κ2) is 5.87. The number of nitrogens with one attached hydrogen (secondary N) is 1. The number of carbonyl (C=O) groups is 1. The third-order valence-corrected chi connectivity index (χ3v) is 3.95. The van der Waals surface area contributed by atoms with E-state index in [4.69, 9.17) is 9.15 Å². The highest BCUT2D eigenvalue weighted by Crippen LogP contribution is 2.26. The van der Waals surface area contributed by atoms with Crippen LogP contribution in [0.25, 0.3) is 11.0 Å². The number of benzene rings is 1.